The zero-order chi connectivity index (χ0) is 15.9. The van der Waals surface area contributed by atoms with Crippen molar-refractivity contribution in [3.8, 4) is 11.1 Å². The van der Waals surface area contributed by atoms with E-state index in [4.69, 9.17) is 0 Å². The molecule has 2 aromatic carbocycles. The molecule has 114 valence electrons. The maximum Gasteiger partial charge on any atom is 0.251 e. The molecule has 2 aromatic rings. The number of rotatable bonds is 5. The highest BCUT2D eigenvalue weighted by atomic mass is 16.2. The van der Waals surface area contributed by atoms with E-state index in [1.807, 2.05) is 49.4 Å². The van der Waals surface area contributed by atoms with Crippen LogP contribution in [0, 0.1) is 0 Å². The smallest absolute Gasteiger partial charge is 0.251 e. The van der Waals surface area contributed by atoms with Gasteiger partial charge in [0.05, 0.1) is 0 Å². The zero-order valence-electron chi connectivity index (χ0n) is 12.8. The molecule has 0 aliphatic heterocycles. The van der Waals surface area contributed by atoms with E-state index in [0.29, 0.717) is 12.1 Å². The van der Waals surface area contributed by atoms with Crippen LogP contribution in [-0.4, -0.2) is 24.4 Å². The van der Waals surface area contributed by atoms with E-state index < -0.39 is 6.04 Å². The second kappa shape index (κ2) is 7.41. The van der Waals surface area contributed by atoms with Crippen molar-refractivity contribution in [1.82, 2.24) is 10.6 Å². The van der Waals surface area contributed by atoms with Crippen molar-refractivity contribution in [2.75, 3.05) is 6.54 Å². The minimum atomic E-state index is -0.554. The van der Waals surface area contributed by atoms with Gasteiger partial charge in [-0.05, 0) is 37.1 Å². The standard InChI is InChI=1S/C18H20N2O2/c1-3-19-17(21)13(2)20-18(22)16-11-9-15(10-12-16)14-7-5-4-6-8-14/h4-13H,3H2,1-2H3,(H,19,21)(H,20,22)/t13-/m1/s1. The predicted molar refractivity (Wildman–Crippen MR) is 87.5 cm³/mol. The van der Waals surface area contributed by atoms with Crippen molar-refractivity contribution in [2.24, 2.45) is 0 Å². The van der Waals surface area contributed by atoms with Gasteiger partial charge in [-0.3, -0.25) is 9.59 Å². The molecule has 0 spiro atoms. The molecule has 0 saturated heterocycles. The molecule has 1 atom stereocenters. The Labute approximate surface area is 130 Å². The van der Waals surface area contributed by atoms with E-state index in [-0.39, 0.29) is 11.8 Å². The van der Waals surface area contributed by atoms with E-state index in [9.17, 15) is 9.59 Å². The van der Waals surface area contributed by atoms with Gasteiger partial charge in [0.2, 0.25) is 5.91 Å². The van der Waals surface area contributed by atoms with E-state index in [0.717, 1.165) is 11.1 Å². The fraction of sp³-hybridized carbons (Fsp3) is 0.222. The van der Waals surface area contributed by atoms with Crippen molar-refractivity contribution >= 4 is 11.8 Å². The van der Waals surface area contributed by atoms with E-state index in [2.05, 4.69) is 10.6 Å². The van der Waals surface area contributed by atoms with Crippen LogP contribution < -0.4 is 10.6 Å². The summed E-state index contributed by atoms with van der Waals surface area (Å²) in [6, 6.07) is 16.7. The summed E-state index contributed by atoms with van der Waals surface area (Å²) < 4.78 is 0. The average Bonchev–Trinajstić information content (AvgIpc) is 2.56. The largest absolute Gasteiger partial charge is 0.355 e. The molecule has 2 amide bonds. The van der Waals surface area contributed by atoms with Gasteiger partial charge in [0.15, 0.2) is 0 Å². The molecule has 0 unspecified atom stereocenters. The Morgan fingerprint density at radius 2 is 1.55 bits per heavy atom. The highest BCUT2D eigenvalue weighted by molar-refractivity contribution is 5.97. The minimum absolute atomic E-state index is 0.184. The van der Waals surface area contributed by atoms with Crippen LogP contribution in [-0.2, 0) is 4.79 Å². The Hall–Kier alpha value is -2.62. The summed E-state index contributed by atoms with van der Waals surface area (Å²) in [4.78, 5) is 23.7. The van der Waals surface area contributed by atoms with Crippen molar-refractivity contribution in [3.63, 3.8) is 0 Å². The highest BCUT2D eigenvalue weighted by Gasteiger charge is 2.15. The number of amides is 2. The number of benzene rings is 2. The van der Waals surface area contributed by atoms with Gasteiger partial charge in [-0.25, -0.2) is 0 Å². The molecule has 0 aromatic heterocycles. The maximum absolute atomic E-state index is 12.1. The van der Waals surface area contributed by atoms with Gasteiger partial charge in [0.25, 0.3) is 5.91 Å². The molecule has 2 N–H and O–H groups in total. The summed E-state index contributed by atoms with van der Waals surface area (Å²) in [5, 5.41) is 5.37. The summed E-state index contributed by atoms with van der Waals surface area (Å²) in [6.07, 6.45) is 0. The third-order valence-electron chi connectivity index (χ3n) is 3.35. The third kappa shape index (κ3) is 3.95. The second-order valence-electron chi connectivity index (χ2n) is 5.03. The lowest BCUT2D eigenvalue weighted by Gasteiger charge is -2.13. The lowest BCUT2D eigenvalue weighted by atomic mass is 10.0. The van der Waals surface area contributed by atoms with E-state index >= 15 is 0 Å². The molecule has 0 aliphatic rings. The zero-order valence-corrected chi connectivity index (χ0v) is 12.8. The van der Waals surface area contributed by atoms with Crippen LogP contribution in [0.3, 0.4) is 0 Å². The van der Waals surface area contributed by atoms with Crippen LogP contribution in [0.5, 0.6) is 0 Å². The van der Waals surface area contributed by atoms with Crippen LogP contribution >= 0.6 is 0 Å². The van der Waals surface area contributed by atoms with E-state index in [1.165, 1.54) is 0 Å². The lowest BCUT2D eigenvalue weighted by Crippen LogP contribution is -2.44. The molecule has 0 heterocycles. The van der Waals surface area contributed by atoms with Gasteiger partial charge in [-0.15, -0.1) is 0 Å². The van der Waals surface area contributed by atoms with Gasteiger partial charge in [0.1, 0.15) is 6.04 Å². The fourth-order valence-corrected chi connectivity index (χ4v) is 2.12. The summed E-state index contributed by atoms with van der Waals surface area (Å²) >= 11 is 0. The molecule has 0 saturated carbocycles. The Bertz CT molecular complexity index is 636. The molecule has 2 rings (SSSR count). The molecule has 0 fully saturated rings. The SMILES string of the molecule is CCNC(=O)[C@@H](C)NC(=O)c1ccc(-c2ccccc2)cc1. The van der Waals surface area contributed by atoms with Crippen LogP contribution in [0.4, 0.5) is 0 Å². The first-order valence-electron chi connectivity index (χ1n) is 7.36. The summed E-state index contributed by atoms with van der Waals surface area (Å²) in [7, 11) is 0. The quantitative estimate of drug-likeness (QED) is 0.891. The van der Waals surface area contributed by atoms with Crippen molar-refractivity contribution in [3.05, 3.63) is 60.2 Å². The van der Waals surface area contributed by atoms with Crippen molar-refractivity contribution < 1.29 is 9.59 Å². The Kier molecular flexibility index (Phi) is 5.31. The molecule has 0 radical (unpaired) electrons. The number of carbonyl (C=O) groups excluding carboxylic acids is 2. The monoisotopic (exact) mass is 296 g/mol. The summed E-state index contributed by atoms with van der Waals surface area (Å²) in [6.45, 7) is 4.06. The number of nitrogens with one attached hydrogen (secondary N) is 2. The molecule has 4 heteroatoms. The fourth-order valence-electron chi connectivity index (χ4n) is 2.12. The molecule has 4 nitrogen and oxygen atoms in total. The molecule has 0 bridgehead atoms. The van der Waals surface area contributed by atoms with Gasteiger partial charge in [-0.1, -0.05) is 42.5 Å². The average molecular weight is 296 g/mol. The number of carbonyl (C=O) groups is 2. The van der Waals surface area contributed by atoms with Crippen LogP contribution in [0.15, 0.2) is 54.6 Å². The topological polar surface area (TPSA) is 58.2 Å². The van der Waals surface area contributed by atoms with Crippen LogP contribution in [0.2, 0.25) is 0 Å². The first kappa shape index (κ1) is 15.8. The van der Waals surface area contributed by atoms with Crippen molar-refractivity contribution in [1.29, 1.82) is 0 Å². The predicted octanol–water partition coefficient (Wildman–Crippen LogP) is 2.61. The number of hydrogen-bond donors (Lipinski definition) is 2. The van der Waals surface area contributed by atoms with Gasteiger partial charge in [0, 0.05) is 12.1 Å². The minimum Gasteiger partial charge on any atom is -0.355 e. The Morgan fingerprint density at radius 1 is 0.955 bits per heavy atom. The second-order valence-corrected chi connectivity index (χ2v) is 5.03. The Balaban J connectivity index is 2.04. The van der Waals surface area contributed by atoms with Gasteiger partial charge < -0.3 is 10.6 Å². The number of hydrogen-bond acceptors (Lipinski definition) is 2. The van der Waals surface area contributed by atoms with Crippen LogP contribution in [0.1, 0.15) is 24.2 Å². The number of likely N-dealkylation sites (N-methyl/N-ethyl adjacent to an activating group) is 1. The first-order chi connectivity index (χ1) is 10.6. The first-order valence-corrected chi connectivity index (χ1v) is 7.36. The molecule has 0 aliphatic carbocycles. The molecule has 22 heavy (non-hydrogen) atoms. The molecular weight excluding hydrogens is 276 g/mol. The highest BCUT2D eigenvalue weighted by Crippen LogP contribution is 2.19. The molecular formula is C18H20N2O2. The summed E-state index contributed by atoms with van der Waals surface area (Å²) in [5.41, 5.74) is 2.69. The van der Waals surface area contributed by atoms with Gasteiger partial charge >= 0.3 is 0 Å². The van der Waals surface area contributed by atoms with Gasteiger partial charge in [-0.2, -0.15) is 0 Å². The third-order valence-corrected chi connectivity index (χ3v) is 3.35. The Morgan fingerprint density at radius 3 is 2.14 bits per heavy atom. The van der Waals surface area contributed by atoms with E-state index in [1.54, 1.807) is 19.1 Å². The lowest BCUT2D eigenvalue weighted by molar-refractivity contribution is -0.122. The normalized spacial score (nSPS) is 11.5. The summed E-state index contributed by atoms with van der Waals surface area (Å²) in [5.74, 6) is -0.435. The van der Waals surface area contributed by atoms with Crippen LogP contribution in [0.25, 0.3) is 11.1 Å². The van der Waals surface area contributed by atoms with Crippen molar-refractivity contribution in [2.45, 2.75) is 19.9 Å². The maximum atomic E-state index is 12.1.